The first-order chi connectivity index (χ1) is 9.05. The summed E-state index contributed by atoms with van der Waals surface area (Å²) < 4.78 is 30.5. The Labute approximate surface area is 114 Å². The molecule has 19 heavy (non-hydrogen) atoms. The van der Waals surface area contributed by atoms with Crippen LogP contribution in [-0.2, 0) is 10.0 Å². The van der Waals surface area contributed by atoms with Crippen LogP contribution in [0.4, 0.5) is 0 Å². The van der Waals surface area contributed by atoms with Crippen LogP contribution in [0.3, 0.4) is 0 Å². The van der Waals surface area contributed by atoms with Crippen molar-refractivity contribution in [2.24, 2.45) is 5.92 Å². The van der Waals surface area contributed by atoms with Gasteiger partial charge in [-0.15, -0.1) is 0 Å². The topological polar surface area (TPSA) is 58.6 Å². The summed E-state index contributed by atoms with van der Waals surface area (Å²) in [6, 6.07) is 9.58. The molecule has 6 heteroatoms. The normalized spacial score (nSPS) is 21.8. The van der Waals surface area contributed by atoms with Crippen LogP contribution >= 0.6 is 0 Å². The quantitative estimate of drug-likeness (QED) is 0.877. The Bertz CT molecular complexity index is 490. The van der Waals surface area contributed by atoms with Gasteiger partial charge in [-0.1, -0.05) is 18.2 Å². The molecule has 0 aromatic heterocycles. The predicted octanol–water partition coefficient (Wildman–Crippen LogP) is 0.546. The van der Waals surface area contributed by atoms with Crippen molar-refractivity contribution in [3.8, 4) is 5.75 Å². The molecule has 0 bridgehead atoms. The molecule has 1 aromatic carbocycles. The van der Waals surface area contributed by atoms with Gasteiger partial charge in [-0.05, 0) is 12.1 Å². The van der Waals surface area contributed by atoms with Gasteiger partial charge in [-0.25, -0.2) is 12.7 Å². The lowest BCUT2D eigenvalue weighted by molar-refractivity contribution is 0.231. The molecule has 1 saturated heterocycles. The fraction of sp³-hybridized carbons (Fsp3) is 0.538. The van der Waals surface area contributed by atoms with Gasteiger partial charge in [0.1, 0.15) is 5.75 Å². The summed E-state index contributed by atoms with van der Waals surface area (Å²) in [5.74, 6) is 0.982. The number of ether oxygens (including phenoxy) is 1. The molecule has 0 radical (unpaired) electrons. The minimum Gasteiger partial charge on any atom is -0.493 e. The van der Waals surface area contributed by atoms with E-state index in [4.69, 9.17) is 4.74 Å². The zero-order chi connectivity index (χ0) is 13.7. The molecule has 1 N–H and O–H groups in total. The monoisotopic (exact) mass is 284 g/mol. The van der Waals surface area contributed by atoms with E-state index in [-0.39, 0.29) is 5.92 Å². The molecule has 0 saturated carbocycles. The minimum atomic E-state index is -3.13. The van der Waals surface area contributed by atoms with Crippen LogP contribution in [0.1, 0.15) is 0 Å². The zero-order valence-electron chi connectivity index (χ0n) is 11.1. The molecule has 0 amide bonds. The fourth-order valence-corrected chi connectivity index (χ4v) is 3.00. The molecule has 1 atom stereocenters. The second kappa shape index (κ2) is 6.36. The van der Waals surface area contributed by atoms with Crippen LogP contribution in [0, 0.1) is 5.92 Å². The van der Waals surface area contributed by atoms with E-state index >= 15 is 0 Å². The second-order valence-electron chi connectivity index (χ2n) is 4.82. The van der Waals surface area contributed by atoms with Crippen LogP contribution in [-0.4, -0.2) is 51.8 Å². The van der Waals surface area contributed by atoms with Gasteiger partial charge in [0.2, 0.25) is 10.0 Å². The van der Waals surface area contributed by atoms with E-state index in [1.54, 1.807) is 0 Å². The molecule has 1 heterocycles. The van der Waals surface area contributed by atoms with E-state index in [1.165, 1.54) is 10.6 Å². The highest BCUT2D eigenvalue weighted by atomic mass is 32.2. The SMILES string of the molecule is CS(=O)(=O)N1CCNC[C@@H](COc2ccccc2)C1. The Balaban J connectivity index is 1.92. The number of hydrogen-bond acceptors (Lipinski definition) is 4. The number of nitrogens with one attached hydrogen (secondary N) is 1. The lowest BCUT2D eigenvalue weighted by atomic mass is 10.1. The Morgan fingerprint density at radius 1 is 1.37 bits per heavy atom. The van der Waals surface area contributed by atoms with Crippen molar-refractivity contribution in [1.29, 1.82) is 0 Å². The Kier molecular flexibility index (Phi) is 4.79. The average Bonchev–Trinajstić information content (AvgIpc) is 2.62. The van der Waals surface area contributed by atoms with Gasteiger partial charge < -0.3 is 10.1 Å². The first kappa shape index (κ1) is 14.3. The second-order valence-corrected chi connectivity index (χ2v) is 6.80. The number of sulfonamides is 1. The van der Waals surface area contributed by atoms with Gasteiger partial charge in [0.05, 0.1) is 12.9 Å². The van der Waals surface area contributed by atoms with Crippen molar-refractivity contribution in [2.45, 2.75) is 0 Å². The number of nitrogens with zero attached hydrogens (tertiary/aromatic N) is 1. The highest BCUT2D eigenvalue weighted by molar-refractivity contribution is 7.88. The molecule has 1 aliphatic heterocycles. The van der Waals surface area contributed by atoms with Gasteiger partial charge in [-0.2, -0.15) is 0 Å². The standard InChI is InChI=1S/C13H20N2O3S/c1-19(16,17)15-8-7-14-9-12(10-15)11-18-13-5-3-2-4-6-13/h2-6,12,14H,7-11H2,1H3/t12-/m1/s1. The van der Waals surface area contributed by atoms with Gasteiger partial charge in [-0.3, -0.25) is 0 Å². The van der Waals surface area contributed by atoms with Gasteiger partial charge >= 0.3 is 0 Å². The first-order valence-corrected chi connectivity index (χ1v) is 8.24. The summed E-state index contributed by atoms with van der Waals surface area (Å²) in [6.45, 7) is 3.02. The average molecular weight is 284 g/mol. The molecular formula is C13H20N2O3S. The molecule has 0 spiro atoms. The number of para-hydroxylation sites is 1. The maximum absolute atomic E-state index is 11.6. The minimum absolute atomic E-state index is 0.164. The number of hydrogen-bond donors (Lipinski definition) is 1. The summed E-state index contributed by atoms with van der Waals surface area (Å²) in [5, 5.41) is 3.25. The van der Waals surface area contributed by atoms with Crippen LogP contribution in [0.2, 0.25) is 0 Å². The largest absolute Gasteiger partial charge is 0.493 e. The highest BCUT2D eigenvalue weighted by Gasteiger charge is 2.24. The van der Waals surface area contributed by atoms with Crippen molar-refractivity contribution in [2.75, 3.05) is 39.0 Å². The fourth-order valence-electron chi connectivity index (χ4n) is 2.10. The molecule has 2 rings (SSSR count). The first-order valence-electron chi connectivity index (χ1n) is 6.39. The van der Waals surface area contributed by atoms with Gasteiger partial charge in [0.25, 0.3) is 0 Å². The maximum atomic E-state index is 11.6. The summed E-state index contributed by atoms with van der Waals surface area (Å²) in [4.78, 5) is 0. The third-order valence-electron chi connectivity index (χ3n) is 3.13. The van der Waals surface area contributed by atoms with Crippen molar-refractivity contribution in [3.05, 3.63) is 30.3 Å². The van der Waals surface area contributed by atoms with E-state index in [9.17, 15) is 8.42 Å². The van der Waals surface area contributed by atoms with E-state index < -0.39 is 10.0 Å². The smallest absolute Gasteiger partial charge is 0.211 e. The van der Waals surface area contributed by atoms with Gasteiger partial charge in [0.15, 0.2) is 0 Å². The van der Waals surface area contributed by atoms with E-state index in [0.717, 1.165) is 12.3 Å². The van der Waals surface area contributed by atoms with Gasteiger partial charge in [0, 0.05) is 32.1 Å². The van der Waals surface area contributed by atoms with Crippen molar-refractivity contribution < 1.29 is 13.2 Å². The van der Waals surface area contributed by atoms with E-state index in [2.05, 4.69) is 5.32 Å². The molecule has 1 fully saturated rings. The summed E-state index contributed by atoms with van der Waals surface area (Å²) in [7, 11) is -3.13. The third kappa shape index (κ3) is 4.49. The number of benzene rings is 1. The number of rotatable bonds is 4. The summed E-state index contributed by atoms with van der Waals surface area (Å²) in [6.07, 6.45) is 1.26. The van der Waals surface area contributed by atoms with Crippen LogP contribution in [0.25, 0.3) is 0 Å². The third-order valence-corrected chi connectivity index (χ3v) is 4.40. The Hall–Kier alpha value is -1.11. The molecular weight excluding hydrogens is 264 g/mol. The molecule has 0 aliphatic carbocycles. The lowest BCUT2D eigenvalue weighted by Crippen LogP contribution is -2.36. The molecule has 1 aromatic rings. The van der Waals surface area contributed by atoms with E-state index in [0.29, 0.717) is 26.2 Å². The lowest BCUT2D eigenvalue weighted by Gasteiger charge is -2.21. The molecule has 0 unspecified atom stereocenters. The predicted molar refractivity (Wildman–Crippen MR) is 74.7 cm³/mol. The summed E-state index contributed by atoms with van der Waals surface area (Å²) in [5.41, 5.74) is 0. The van der Waals surface area contributed by atoms with Crippen molar-refractivity contribution in [1.82, 2.24) is 9.62 Å². The Morgan fingerprint density at radius 2 is 2.11 bits per heavy atom. The molecule has 5 nitrogen and oxygen atoms in total. The van der Waals surface area contributed by atoms with Crippen LogP contribution in [0.5, 0.6) is 5.75 Å². The van der Waals surface area contributed by atoms with Crippen LogP contribution < -0.4 is 10.1 Å². The van der Waals surface area contributed by atoms with Crippen LogP contribution in [0.15, 0.2) is 30.3 Å². The van der Waals surface area contributed by atoms with Crippen molar-refractivity contribution in [3.63, 3.8) is 0 Å². The molecule has 1 aliphatic rings. The maximum Gasteiger partial charge on any atom is 0.211 e. The van der Waals surface area contributed by atoms with E-state index in [1.807, 2.05) is 30.3 Å². The molecule has 106 valence electrons. The summed E-state index contributed by atoms with van der Waals surface area (Å²) >= 11 is 0. The van der Waals surface area contributed by atoms with Crippen molar-refractivity contribution >= 4 is 10.0 Å². The Morgan fingerprint density at radius 3 is 2.79 bits per heavy atom. The highest BCUT2D eigenvalue weighted by Crippen LogP contribution is 2.12. The zero-order valence-corrected chi connectivity index (χ0v) is 11.9.